The van der Waals surface area contributed by atoms with Crippen LogP contribution in [-0.4, -0.2) is 5.11 Å². The molecule has 0 aliphatic heterocycles. The molecule has 0 bridgehead atoms. The van der Waals surface area contributed by atoms with Gasteiger partial charge in [-0.1, -0.05) is 30.3 Å². The molecule has 0 aliphatic carbocycles. The Morgan fingerprint density at radius 3 is 2.06 bits per heavy atom. The highest BCUT2D eigenvalue weighted by Gasteiger charge is 2.05. The molecule has 3 N–H and O–H groups in total. The molecular formula is C15H15NO. The van der Waals surface area contributed by atoms with Crippen LogP contribution in [0.4, 0.5) is 5.69 Å². The van der Waals surface area contributed by atoms with Gasteiger partial charge in [0.25, 0.3) is 0 Å². The molecular weight excluding hydrogens is 210 g/mol. The second-order valence-corrected chi connectivity index (χ2v) is 3.96. The molecule has 2 nitrogen and oxygen atoms in total. The number of allylic oxidation sites excluding steroid dienone is 1. The second kappa shape index (κ2) is 4.74. The van der Waals surface area contributed by atoms with E-state index in [-0.39, 0.29) is 5.76 Å². The lowest BCUT2D eigenvalue weighted by Gasteiger charge is -2.07. The molecule has 0 aliphatic rings. The van der Waals surface area contributed by atoms with E-state index in [1.165, 1.54) is 0 Å². The van der Waals surface area contributed by atoms with Gasteiger partial charge in [0.05, 0.1) is 0 Å². The number of anilines is 1. The summed E-state index contributed by atoms with van der Waals surface area (Å²) in [5, 5.41) is 10.2. The van der Waals surface area contributed by atoms with Crippen molar-refractivity contribution in [1.29, 1.82) is 0 Å². The molecule has 17 heavy (non-hydrogen) atoms. The smallest absolute Gasteiger partial charge is 0.126 e. The molecule has 0 amide bonds. The second-order valence-electron chi connectivity index (χ2n) is 3.96. The lowest BCUT2D eigenvalue weighted by Crippen LogP contribution is -1.90. The molecule has 0 saturated carbocycles. The zero-order valence-corrected chi connectivity index (χ0v) is 9.72. The zero-order chi connectivity index (χ0) is 12.3. The molecule has 0 heterocycles. The predicted octanol–water partition coefficient (Wildman–Crippen LogP) is 3.72. The largest absolute Gasteiger partial charge is 0.507 e. The van der Waals surface area contributed by atoms with Crippen LogP contribution in [0.2, 0.25) is 0 Å². The monoisotopic (exact) mass is 225 g/mol. The normalized spacial score (nSPS) is 12.1. The van der Waals surface area contributed by atoms with Gasteiger partial charge in [0, 0.05) is 11.3 Å². The van der Waals surface area contributed by atoms with Crippen molar-refractivity contribution in [3.8, 4) is 0 Å². The number of benzene rings is 2. The van der Waals surface area contributed by atoms with E-state index in [2.05, 4.69) is 0 Å². The molecule has 2 aromatic rings. The molecule has 0 unspecified atom stereocenters. The minimum Gasteiger partial charge on any atom is -0.507 e. The van der Waals surface area contributed by atoms with Crippen molar-refractivity contribution in [3.05, 3.63) is 65.7 Å². The highest BCUT2D eigenvalue weighted by molar-refractivity contribution is 5.85. The molecule has 2 rings (SSSR count). The van der Waals surface area contributed by atoms with Gasteiger partial charge in [-0.3, -0.25) is 0 Å². The number of rotatable bonds is 2. The summed E-state index contributed by atoms with van der Waals surface area (Å²) in [6.45, 7) is 1.90. The summed E-state index contributed by atoms with van der Waals surface area (Å²) in [4.78, 5) is 0. The standard InChI is InChI=1S/C15H15NO/c1-11(12-5-3-2-4-6-12)15(17)13-7-9-14(16)10-8-13/h2-10,17H,16H2,1H3. The third kappa shape index (κ3) is 2.48. The topological polar surface area (TPSA) is 46.2 Å². The summed E-state index contributed by atoms with van der Waals surface area (Å²) in [6, 6.07) is 17.0. The first kappa shape index (κ1) is 11.3. The first-order valence-electron chi connectivity index (χ1n) is 5.49. The maximum absolute atomic E-state index is 10.2. The quantitative estimate of drug-likeness (QED) is 0.465. The Morgan fingerprint density at radius 1 is 0.882 bits per heavy atom. The van der Waals surface area contributed by atoms with E-state index in [4.69, 9.17) is 5.73 Å². The van der Waals surface area contributed by atoms with E-state index in [9.17, 15) is 5.11 Å². The van der Waals surface area contributed by atoms with E-state index in [0.717, 1.165) is 16.7 Å². The van der Waals surface area contributed by atoms with Crippen LogP contribution < -0.4 is 5.73 Å². The minimum atomic E-state index is 0.288. The number of nitrogen functional groups attached to an aromatic ring is 1. The van der Waals surface area contributed by atoms with Crippen molar-refractivity contribution in [2.24, 2.45) is 0 Å². The fraction of sp³-hybridized carbons (Fsp3) is 0.0667. The first-order chi connectivity index (χ1) is 8.18. The Hall–Kier alpha value is -2.22. The molecule has 0 saturated heterocycles. The first-order valence-corrected chi connectivity index (χ1v) is 5.49. The van der Waals surface area contributed by atoms with E-state index in [1.807, 2.05) is 49.4 Å². The summed E-state index contributed by atoms with van der Waals surface area (Å²) in [5.41, 5.74) is 8.96. The number of hydrogen-bond donors (Lipinski definition) is 2. The molecule has 2 heteroatoms. The number of nitrogens with two attached hydrogens (primary N) is 1. The lowest BCUT2D eigenvalue weighted by atomic mass is 10.0. The van der Waals surface area contributed by atoms with Gasteiger partial charge in [0.2, 0.25) is 0 Å². The maximum Gasteiger partial charge on any atom is 0.126 e. The SMILES string of the molecule is CC(=C(O)c1ccc(N)cc1)c1ccccc1. The van der Waals surface area contributed by atoms with E-state index < -0.39 is 0 Å². The third-order valence-electron chi connectivity index (χ3n) is 2.75. The van der Waals surface area contributed by atoms with Crippen LogP contribution in [0, 0.1) is 0 Å². The Balaban J connectivity index is 2.41. The van der Waals surface area contributed by atoms with Crippen LogP contribution in [0.5, 0.6) is 0 Å². The van der Waals surface area contributed by atoms with Crippen molar-refractivity contribution in [2.75, 3.05) is 5.73 Å². The zero-order valence-electron chi connectivity index (χ0n) is 9.72. The molecule has 0 spiro atoms. The van der Waals surface area contributed by atoms with Gasteiger partial charge < -0.3 is 10.8 Å². The summed E-state index contributed by atoms with van der Waals surface area (Å²) in [7, 11) is 0. The van der Waals surface area contributed by atoms with E-state index in [0.29, 0.717) is 5.69 Å². The maximum atomic E-state index is 10.2. The van der Waals surface area contributed by atoms with Crippen LogP contribution in [0.1, 0.15) is 18.1 Å². The number of aliphatic hydroxyl groups excluding tert-OH is 1. The van der Waals surface area contributed by atoms with Gasteiger partial charge in [-0.25, -0.2) is 0 Å². The van der Waals surface area contributed by atoms with Crippen molar-refractivity contribution < 1.29 is 5.11 Å². The van der Waals surface area contributed by atoms with Crippen LogP contribution in [-0.2, 0) is 0 Å². The predicted molar refractivity (Wildman–Crippen MR) is 72.4 cm³/mol. The van der Waals surface area contributed by atoms with Gasteiger partial charge in [0.15, 0.2) is 0 Å². The molecule has 0 radical (unpaired) electrons. The number of hydrogen-bond acceptors (Lipinski definition) is 2. The van der Waals surface area contributed by atoms with Crippen molar-refractivity contribution in [1.82, 2.24) is 0 Å². The van der Waals surface area contributed by atoms with Crippen LogP contribution in [0.15, 0.2) is 54.6 Å². The summed E-state index contributed by atoms with van der Waals surface area (Å²) in [5.74, 6) is 0.288. The van der Waals surface area contributed by atoms with Crippen LogP contribution in [0.3, 0.4) is 0 Å². The summed E-state index contributed by atoms with van der Waals surface area (Å²) in [6.07, 6.45) is 0. The van der Waals surface area contributed by atoms with Crippen LogP contribution in [0.25, 0.3) is 11.3 Å². The molecule has 0 fully saturated rings. The van der Waals surface area contributed by atoms with Crippen molar-refractivity contribution in [2.45, 2.75) is 6.92 Å². The van der Waals surface area contributed by atoms with E-state index in [1.54, 1.807) is 12.1 Å². The Kier molecular flexibility index (Phi) is 3.15. The van der Waals surface area contributed by atoms with E-state index >= 15 is 0 Å². The van der Waals surface area contributed by atoms with Crippen molar-refractivity contribution in [3.63, 3.8) is 0 Å². The van der Waals surface area contributed by atoms with Gasteiger partial charge in [-0.05, 0) is 42.3 Å². The molecule has 0 aromatic heterocycles. The summed E-state index contributed by atoms with van der Waals surface area (Å²) < 4.78 is 0. The summed E-state index contributed by atoms with van der Waals surface area (Å²) >= 11 is 0. The lowest BCUT2D eigenvalue weighted by molar-refractivity contribution is 0.513. The Bertz CT molecular complexity index is 527. The molecule has 0 atom stereocenters. The number of aliphatic hydroxyl groups is 1. The van der Waals surface area contributed by atoms with Gasteiger partial charge >= 0.3 is 0 Å². The fourth-order valence-corrected chi connectivity index (χ4v) is 1.68. The van der Waals surface area contributed by atoms with Crippen molar-refractivity contribution >= 4 is 17.0 Å². The average Bonchev–Trinajstić information content (AvgIpc) is 2.39. The van der Waals surface area contributed by atoms with Gasteiger partial charge in [0.1, 0.15) is 5.76 Å². The van der Waals surface area contributed by atoms with Gasteiger partial charge in [-0.2, -0.15) is 0 Å². The highest BCUT2D eigenvalue weighted by Crippen LogP contribution is 2.24. The highest BCUT2D eigenvalue weighted by atomic mass is 16.3. The third-order valence-corrected chi connectivity index (χ3v) is 2.75. The Morgan fingerprint density at radius 2 is 1.47 bits per heavy atom. The minimum absolute atomic E-state index is 0.288. The van der Waals surface area contributed by atoms with Crippen LogP contribution >= 0.6 is 0 Å². The van der Waals surface area contributed by atoms with Gasteiger partial charge in [-0.15, -0.1) is 0 Å². The molecule has 2 aromatic carbocycles. The average molecular weight is 225 g/mol. The fourth-order valence-electron chi connectivity index (χ4n) is 1.68. The molecule has 86 valence electrons. The Labute approximate surface area is 101 Å².